The minimum Gasteiger partial charge on any atom is -0.408 e. The van der Waals surface area contributed by atoms with E-state index in [-0.39, 0.29) is 5.91 Å². The third kappa shape index (κ3) is 3.35. The summed E-state index contributed by atoms with van der Waals surface area (Å²) in [5.74, 6) is 0.0427. The number of piperidine rings is 1. The number of hydrogen-bond donors (Lipinski definition) is 2. The van der Waals surface area contributed by atoms with Crippen molar-refractivity contribution >= 4 is 28.4 Å². The van der Waals surface area contributed by atoms with Gasteiger partial charge in [0.2, 0.25) is 0 Å². The largest absolute Gasteiger partial charge is 0.417 e. The number of fused-ring (bicyclic) bond motifs is 1. The highest BCUT2D eigenvalue weighted by Crippen LogP contribution is 2.24. The average molecular weight is 351 g/mol. The maximum Gasteiger partial charge on any atom is 0.417 e. The molecule has 2 heterocycles. The molecule has 3 aromatic rings. The Morgan fingerprint density at radius 1 is 1.15 bits per heavy atom. The summed E-state index contributed by atoms with van der Waals surface area (Å²) in [5, 5.41) is 2.89. The molecule has 6 nitrogen and oxygen atoms in total. The number of H-pyrrole nitrogens is 1. The molecule has 1 amide bonds. The number of carbonyl (C=O) groups excluding carboxylic acids is 1. The monoisotopic (exact) mass is 351 g/mol. The van der Waals surface area contributed by atoms with Crippen molar-refractivity contribution in [3.05, 3.63) is 58.6 Å². The zero-order valence-electron chi connectivity index (χ0n) is 14.6. The lowest BCUT2D eigenvalue weighted by atomic mass is 9.99. The van der Waals surface area contributed by atoms with Gasteiger partial charge in [-0.3, -0.25) is 9.78 Å². The zero-order chi connectivity index (χ0) is 18.1. The van der Waals surface area contributed by atoms with Crippen molar-refractivity contribution in [3.8, 4) is 0 Å². The maximum absolute atomic E-state index is 12.4. The summed E-state index contributed by atoms with van der Waals surface area (Å²) in [6, 6.07) is 12.8. The van der Waals surface area contributed by atoms with Crippen molar-refractivity contribution < 1.29 is 9.21 Å². The van der Waals surface area contributed by atoms with E-state index in [2.05, 4.69) is 22.1 Å². The van der Waals surface area contributed by atoms with Gasteiger partial charge >= 0.3 is 5.76 Å². The molecule has 1 fully saturated rings. The Morgan fingerprint density at radius 2 is 1.88 bits per heavy atom. The number of rotatable bonds is 3. The minimum atomic E-state index is -0.528. The molecule has 6 heteroatoms. The van der Waals surface area contributed by atoms with Gasteiger partial charge in [-0.1, -0.05) is 6.92 Å². The first-order chi connectivity index (χ1) is 12.6. The number of nitrogens with zero attached hydrogens (tertiary/aromatic N) is 1. The number of aromatic amines is 1. The first-order valence-corrected chi connectivity index (χ1v) is 8.88. The molecule has 0 atom stereocenters. The van der Waals surface area contributed by atoms with E-state index < -0.39 is 5.76 Å². The van der Waals surface area contributed by atoms with Crippen molar-refractivity contribution in [3.63, 3.8) is 0 Å². The van der Waals surface area contributed by atoms with Crippen LogP contribution in [0.3, 0.4) is 0 Å². The second-order valence-corrected chi connectivity index (χ2v) is 6.90. The highest BCUT2D eigenvalue weighted by atomic mass is 16.4. The summed E-state index contributed by atoms with van der Waals surface area (Å²) in [7, 11) is 0. The second kappa shape index (κ2) is 6.71. The van der Waals surface area contributed by atoms with E-state index in [0.717, 1.165) is 24.7 Å². The second-order valence-electron chi connectivity index (χ2n) is 6.90. The summed E-state index contributed by atoms with van der Waals surface area (Å²) in [6.07, 6.45) is 2.44. The van der Waals surface area contributed by atoms with Gasteiger partial charge in [-0.05, 0) is 61.2 Å². The molecule has 2 aromatic carbocycles. The van der Waals surface area contributed by atoms with E-state index in [1.807, 2.05) is 24.3 Å². The fraction of sp³-hybridized carbons (Fsp3) is 0.300. The maximum atomic E-state index is 12.4. The molecule has 0 bridgehead atoms. The summed E-state index contributed by atoms with van der Waals surface area (Å²) >= 11 is 0. The Labute approximate surface area is 150 Å². The van der Waals surface area contributed by atoms with Gasteiger partial charge in [0.05, 0.1) is 5.52 Å². The molecular formula is C20H21N3O3. The molecule has 1 aromatic heterocycles. The van der Waals surface area contributed by atoms with Crippen LogP contribution < -0.4 is 16.0 Å². The number of nitrogens with one attached hydrogen (secondary N) is 2. The minimum absolute atomic E-state index is 0.228. The number of anilines is 2. The van der Waals surface area contributed by atoms with Crippen LogP contribution in [0.2, 0.25) is 0 Å². The number of oxazole rings is 1. The third-order valence-electron chi connectivity index (χ3n) is 4.96. The van der Waals surface area contributed by atoms with Gasteiger partial charge in [0.25, 0.3) is 5.91 Å². The van der Waals surface area contributed by atoms with Crippen molar-refractivity contribution in [2.24, 2.45) is 5.92 Å². The van der Waals surface area contributed by atoms with Crippen molar-refractivity contribution in [2.75, 3.05) is 23.3 Å². The predicted octanol–water partition coefficient (Wildman–Crippen LogP) is 3.61. The van der Waals surface area contributed by atoms with E-state index in [0.29, 0.717) is 16.7 Å². The Bertz CT molecular complexity index is 979. The van der Waals surface area contributed by atoms with E-state index in [4.69, 9.17) is 4.42 Å². The molecule has 26 heavy (non-hydrogen) atoms. The van der Waals surface area contributed by atoms with Gasteiger partial charge in [-0.15, -0.1) is 0 Å². The predicted molar refractivity (Wildman–Crippen MR) is 102 cm³/mol. The van der Waals surface area contributed by atoms with Gasteiger partial charge < -0.3 is 14.6 Å². The van der Waals surface area contributed by atoms with Crippen LogP contribution in [0.25, 0.3) is 11.1 Å². The third-order valence-corrected chi connectivity index (χ3v) is 4.96. The van der Waals surface area contributed by atoms with Gasteiger partial charge in [0.1, 0.15) is 0 Å². The first kappa shape index (κ1) is 16.4. The zero-order valence-corrected chi connectivity index (χ0v) is 14.6. The summed E-state index contributed by atoms with van der Waals surface area (Å²) in [5.41, 5.74) is 3.34. The average Bonchev–Trinajstić information content (AvgIpc) is 3.02. The van der Waals surface area contributed by atoms with E-state index in [1.54, 1.807) is 18.2 Å². The van der Waals surface area contributed by atoms with Crippen LogP contribution in [0.1, 0.15) is 30.1 Å². The number of aromatic nitrogens is 1. The summed E-state index contributed by atoms with van der Waals surface area (Å²) in [4.78, 5) is 28.6. The molecular weight excluding hydrogens is 330 g/mol. The van der Waals surface area contributed by atoms with Crippen molar-refractivity contribution in [1.82, 2.24) is 4.98 Å². The smallest absolute Gasteiger partial charge is 0.408 e. The summed E-state index contributed by atoms with van der Waals surface area (Å²) < 4.78 is 4.95. The van der Waals surface area contributed by atoms with Gasteiger partial charge in [-0.25, -0.2) is 4.79 Å². The van der Waals surface area contributed by atoms with Crippen LogP contribution in [0.15, 0.2) is 51.7 Å². The fourth-order valence-electron chi connectivity index (χ4n) is 3.32. The standard InChI is InChI=1S/C20H21N3O3/c1-13-8-10-23(11-9-13)16-5-3-15(4-6-16)21-19(24)14-2-7-18-17(12-14)22-20(25)26-18/h2-7,12-13H,8-11H2,1H3,(H,21,24)(H,22,25). The number of benzene rings is 2. The highest BCUT2D eigenvalue weighted by Gasteiger charge is 2.16. The lowest BCUT2D eigenvalue weighted by molar-refractivity contribution is 0.102. The quantitative estimate of drug-likeness (QED) is 0.756. The molecule has 0 spiro atoms. The molecule has 1 saturated heterocycles. The lowest BCUT2D eigenvalue weighted by Gasteiger charge is -2.32. The topological polar surface area (TPSA) is 78.3 Å². The lowest BCUT2D eigenvalue weighted by Crippen LogP contribution is -2.32. The molecule has 0 aliphatic carbocycles. The van der Waals surface area contributed by atoms with E-state index in [9.17, 15) is 9.59 Å². The molecule has 0 unspecified atom stereocenters. The van der Waals surface area contributed by atoms with Crippen molar-refractivity contribution in [1.29, 1.82) is 0 Å². The van der Waals surface area contributed by atoms with Crippen LogP contribution in [-0.4, -0.2) is 24.0 Å². The molecule has 0 radical (unpaired) electrons. The Hall–Kier alpha value is -3.02. The van der Waals surface area contributed by atoms with Crippen LogP contribution in [0.5, 0.6) is 0 Å². The Balaban J connectivity index is 1.45. The number of hydrogen-bond acceptors (Lipinski definition) is 4. The van der Waals surface area contributed by atoms with Gasteiger partial charge in [0, 0.05) is 30.0 Å². The van der Waals surface area contributed by atoms with Crippen molar-refractivity contribution in [2.45, 2.75) is 19.8 Å². The SMILES string of the molecule is CC1CCN(c2ccc(NC(=O)c3ccc4oc(=O)[nH]c4c3)cc2)CC1. The Morgan fingerprint density at radius 3 is 2.62 bits per heavy atom. The molecule has 1 aliphatic heterocycles. The van der Waals surface area contributed by atoms with E-state index in [1.165, 1.54) is 18.5 Å². The van der Waals surface area contributed by atoms with Crippen LogP contribution in [0.4, 0.5) is 11.4 Å². The molecule has 2 N–H and O–H groups in total. The molecule has 0 saturated carbocycles. The molecule has 134 valence electrons. The van der Waals surface area contributed by atoms with Crippen LogP contribution in [-0.2, 0) is 0 Å². The van der Waals surface area contributed by atoms with Crippen LogP contribution in [0, 0.1) is 5.92 Å². The van der Waals surface area contributed by atoms with E-state index >= 15 is 0 Å². The molecule has 1 aliphatic rings. The van der Waals surface area contributed by atoms with Gasteiger partial charge in [-0.2, -0.15) is 0 Å². The highest BCUT2D eigenvalue weighted by molar-refractivity contribution is 6.05. The first-order valence-electron chi connectivity index (χ1n) is 8.88. The number of carbonyl (C=O) groups is 1. The number of amides is 1. The summed E-state index contributed by atoms with van der Waals surface area (Å²) in [6.45, 7) is 4.46. The fourth-order valence-corrected chi connectivity index (χ4v) is 3.32. The Kier molecular flexibility index (Phi) is 4.24. The van der Waals surface area contributed by atoms with Gasteiger partial charge in [0.15, 0.2) is 5.58 Å². The normalized spacial score (nSPS) is 15.3. The van der Waals surface area contributed by atoms with Crippen LogP contribution >= 0.6 is 0 Å². The molecule has 4 rings (SSSR count).